The summed E-state index contributed by atoms with van der Waals surface area (Å²) in [6.07, 6.45) is 1.86. The van der Waals surface area contributed by atoms with Crippen LogP contribution in [0.25, 0.3) is 0 Å². The maximum atomic E-state index is 12.0. The summed E-state index contributed by atoms with van der Waals surface area (Å²) < 4.78 is 11.8. The Bertz CT molecular complexity index is 1240. The number of amides is 1. The van der Waals surface area contributed by atoms with E-state index in [1.807, 2.05) is 18.0 Å². The molecule has 2 aromatic rings. The third kappa shape index (κ3) is 4.65. The van der Waals surface area contributed by atoms with Crippen LogP contribution >= 0.6 is 0 Å². The number of carbonyl (C=O) groups excluding carboxylic acids is 1. The Morgan fingerprint density at radius 1 is 1.11 bits per heavy atom. The van der Waals surface area contributed by atoms with E-state index in [1.165, 1.54) is 0 Å². The molecule has 4 aliphatic rings. The molecule has 0 aliphatic carbocycles. The molecule has 0 radical (unpaired) electrons. The summed E-state index contributed by atoms with van der Waals surface area (Å²) in [4.78, 5) is 30.5. The van der Waals surface area contributed by atoms with Crippen molar-refractivity contribution in [1.82, 2.24) is 19.8 Å². The van der Waals surface area contributed by atoms with Gasteiger partial charge in [-0.15, -0.1) is 0 Å². The molecule has 3 saturated heterocycles. The fraction of sp³-hybridized carbons (Fsp3) is 0.519. The first-order valence-corrected chi connectivity index (χ1v) is 13.0. The average molecular weight is 504 g/mol. The highest BCUT2D eigenvalue weighted by Gasteiger charge is 2.35. The Morgan fingerprint density at radius 3 is 2.65 bits per heavy atom. The molecule has 10 heteroatoms. The van der Waals surface area contributed by atoms with Gasteiger partial charge in [-0.2, -0.15) is 0 Å². The molecule has 0 spiro atoms. The lowest BCUT2D eigenvalue weighted by Gasteiger charge is -2.48. The zero-order valence-electron chi connectivity index (χ0n) is 21.5. The van der Waals surface area contributed by atoms with Crippen molar-refractivity contribution in [3.8, 4) is 17.6 Å². The molecular formula is C27H33N7O3. The van der Waals surface area contributed by atoms with Gasteiger partial charge in [0.2, 0.25) is 0 Å². The zero-order chi connectivity index (χ0) is 25.4. The number of nitrogens with zero attached hydrogens (tertiary/aromatic N) is 6. The minimum Gasteiger partial charge on any atom is -0.485 e. The van der Waals surface area contributed by atoms with E-state index in [-0.39, 0.29) is 5.91 Å². The van der Waals surface area contributed by atoms with Crippen molar-refractivity contribution in [2.24, 2.45) is 0 Å². The van der Waals surface area contributed by atoms with E-state index in [2.05, 4.69) is 49.0 Å². The van der Waals surface area contributed by atoms with Crippen LogP contribution in [0.5, 0.6) is 5.75 Å². The number of hydrogen-bond donors (Lipinski definition) is 1. The minimum absolute atomic E-state index is 0.0649. The first kappa shape index (κ1) is 23.8. The zero-order valence-corrected chi connectivity index (χ0v) is 21.5. The number of carbonyl (C=O) groups is 1. The Labute approximate surface area is 217 Å². The Morgan fingerprint density at radius 2 is 1.89 bits per heavy atom. The Balaban J connectivity index is 1.14. The maximum Gasteiger partial charge on any atom is 0.298 e. The smallest absolute Gasteiger partial charge is 0.298 e. The molecule has 0 atom stereocenters. The van der Waals surface area contributed by atoms with Gasteiger partial charge in [-0.1, -0.05) is 5.92 Å². The van der Waals surface area contributed by atoms with Crippen LogP contribution in [-0.4, -0.2) is 97.3 Å². The third-order valence-corrected chi connectivity index (χ3v) is 7.66. The van der Waals surface area contributed by atoms with Crippen molar-refractivity contribution >= 4 is 28.9 Å². The molecule has 0 bridgehead atoms. The number of rotatable bonds is 3. The van der Waals surface area contributed by atoms with E-state index < -0.39 is 0 Å². The number of aromatic nitrogens is 2. The van der Waals surface area contributed by atoms with Crippen LogP contribution in [0.1, 0.15) is 18.2 Å². The van der Waals surface area contributed by atoms with Crippen LogP contribution in [0.4, 0.5) is 23.0 Å². The van der Waals surface area contributed by atoms with Gasteiger partial charge in [-0.25, -0.2) is 9.97 Å². The van der Waals surface area contributed by atoms with Crippen LogP contribution in [0, 0.1) is 18.8 Å². The summed E-state index contributed by atoms with van der Waals surface area (Å²) in [6.45, 7) is 12.4. The lowest BCUT2D eigenvalue weighted by molar-refractivity contribution is -0.127. The normalized spacial score (nSPS) is 19.9. The van der Waals surface area contributed by atoms with E-state index >= 15 is 0 Å². The lowest BCUT2D eigenvalue weighted by atomic mass is 10.1. The Kier molecular flexibility index (Phi) is 6.49. The van der Waals surface area contributed by atoms with Gasteiger partial charge in [0.15, 0.2) is 5.75 Å². The van der Waals surface area contributed by atoms with Crippen LogP contribution < -0.4 is 19.9 Å². The van der Waals surface area contributed by atoms with Crippen LogP contribution in [-0.2, 0) is 16.1 Å². The highest BCUT2D eigenvalue weighted by molar-refractivity contribution is 5.93. The van der Waals surface area contributed by atoms with E-state index in [0.717, 1.165) is 106 Å². The van der Waals surface area contributed by atoms with Gasteiger partial charge in [0.1, 0.15) is 18.2 Å². The van der Waals surface area contributed by atoms with Gasteiger partial charge in [0.05, 0.1) is 30.2 Å². The molecule has 6 heterocycles. The molecule has 10 nitrogen and oxygen atoms in total. The Hall–Kier alpha value is -3.55. The van der Waals surface area contributed by atoms with E-state index in [4.69, 9.17) is 14.5 Å². The van der Waals surface area contributed by atoms with Crippen molar-refractivity contribution in [2.75, 3.05) is 80.7 Å². The third-order valence-electron chi connectivity index (χ3n) is 7.66. The highest BCUT2D eigenvalue weighted by Crippen LogP contribution is 2.40. The standard InChI is InChI=1S/C27H33N7O3/c1-3-4-25(35)33-9-7-31(8-10-33)20-16-34(17-20)24-15-22-26(19(2)29-24)37-18-21-23(5-6-28-27(21)30-22)32-11-13-36-14-12-32/h5-6,15,20H,7-14,16-18H2,1-2H3,(H,28,30). The molecule has 2 aromatic heterocycles. The molecule has 0 aromatic carbocycles. The van der Waals surface area contributed by atoms with E-state index in [0.29, 0.717) is 12.6 Å². The van der Waals surface area contributed by atoms with Crippen molar-refractivity contribution in [2.45, 2.75) is 26.5 Å². The summed E-state index contributed by atoms with van der Waals surface area (Å²) >= 11 is 0. The molecule has 194 valence electrons. The summed E-state index contributed by atoms with van der Waals surface area (Å²) in [5, 5.41) is 3.55. The van der Waals surface area contributed by atoms with Gasteiger partial charge in [0.25, 0.3) is 5.91 Å². The second-order valence-corrected chi connectivity index (χ2v) is 9.87. The molecular weight excluding hydrogens is 470 g/mol. The molecule has 0 unspecified atom stereocenters. The van der Waals surface area contributed by atoms with Crippen LogP contribution in [0.2, 0.25) is 0 Å². The monoisotopic (exact) mass is 503 g/mol. The fourth-order valence-electron chi connectivity index (χ4n) is 5.54. The number of anilines is 4. The largest absolute Gasteiger partial charge is 0.485 e. The predicted octanol–water partition coefficient (Wildman–Crippen LogP) is 1.61. The molecule has 3 fully saturated rings. The molecule has 4 aliphatic heterocycles. The second kappa shape index (κ2) is 10.1. The summed E-state index contributed by atoms with van der Waals surface area (Å²) in [5.41, 5.74) is 3.98. The lowest BCUT2D eigenvalue weighted by Crippen LogP contribution is -2.63. The number of fused-ring (bicyclic) bond motifs is 2. The fourth-order valence-corrected chi connectivity index (χ4v) is 5.54. The quantitative estimate of drug-likeness (QED) is 0.628. The van der Waals surface area contributed by atoms with Gasteiger partial charge in [0, 0.05) is 76.4 Å². The van der Waals surface area contributed by atoms with Gasteiger partial charge in [-0.05, 0) is 25.8 Å². The molecule has 37 heavy (non-hydrogen) atoms. The summed E-state index contributed by atoms with van der Waals surface area (Å²) in [7, 11) is 0. The first-order chi connectivity index (χ1) is 18.1. The number of morpholine rings is 1. The maximum absolute atomic E-state index is 12.0. The first-order valence-electron chi connectivity index (χ1n) is 13.0. The molecule has 6 rings (SSSR count). The number of aryl methyl sites for hydroxylation is 1. The van der Waals surface area contributed by atoms with Gasteiger partial charge in [-0.3, -0.25) is 9.69 Å². The minimum atomic E-state index is -0.0649. The van der Waals surface area contributed by atoms with Crippen molar-refractivity contribution in [3.05, 3.63) is 29.6 Å². The number of piperazine rings is 1. The number of ether oxygens (including phenoxy) is 2. The van der Waals surface area contributed by atoms with Crippen LogP contribution in [0.15, 0.2) is 18.3 Å². The molecule has 1 N–H and O–H groups in total. The number of pyridine rings is 2. The SMILES string of the molecule is CC#CC(=O)N1CCN(C2CN(c3cc4c(c(C)n3)OCc3c(N5CCOCC5)ccnc3N4)C2)CC1. The second-order valence-electron chi connectivity index (χ2n) is 9.87. The summed E-state index contributed by atoms with van der Waals surface area (Å²) in [5.74, 6) is 7.85. The van der Waals surface area contributed by atoms with Crippen molar-refractivity contribution < 1.29 is 14.3 Å². The van der Waals surface area contributed by atoms with Gasteiger partial charge >= 0.3 is 0 Å². The van der Waals surface area contributed by atoms with E-state index in [1.54, 1.807) is 6.92 Å². The number of hydrogen-bond acceptors (Lipinski definition) is 9. The highest BCUT2D eigenvalue weighted by atomic mass is 16.5. The topological polar surface area (TPSA) is 86.3 Å². The molecule has 1 amide bonds. The predicted molar refractivity (Wildman–Crippen MR) is 141 cm³/mol. The van der Waals surface area contributed by atoms with Crippen molar-refractivity contribution in [1.29, 1.82) is 0 Å². The number of nitrogens with one attached hydrogen (secondary N) is 1. The average Bonchev–Trinajstić information content (AvgIpc) is 3.08. The molecule has 0 saturated carbocycles. The summed E-state index contributed by atoms with van der Waals surface area (Å²) in [6, 6.07) is 4.61. The van der Waals surface area contributed by atoms with Crippen molar-refractivity contribution in [3.63, 3.8) is 0 Å². The van der Waals surface area contributed by atoms with E-state index in [9.17, 15) is 4.79 Å². The van der Waals surface area contributed by atoms with Crippen LogP contribution in [0.3, 0.4) is 0 Å². The van der Waals surface area contributed by atoms with Gasteiger partial charge < -0.3 is 29.5 Å².